The van der Waals surface area contributed by atoms with Gasteiger partial charge in [0.2, 0.25) is 0 Å². The summed E-state index contributed by atoms with van der Waals surface area (Å²) in [5.41, 5.74) is -0.113. The number of hydrogen-bond acceptors (Lipinski definition) is 6. The number of nitro benzene ring substituents is 1. The van der Waals surface area contributed by atoms with Crippen molar-refractivity contribution >= 4 is 44.1 Å². The summed E-state index contributed by atoms with van der Waals surface area (Å²) in [7, 11) is 0. The van der Waals surface area contributed by atoms with Crippen LogP contribution >= 0.6 is 11.3 Å². The van der Waals surface area contributed by atoms with Crippen molar-refractivity contribution in [3.8, 4) is 12.3 Å². The van der Waals surface area contributed by atoms with Gasteiger partial charge in [0.1, 0.15) is 11.1 Å². The van der Waals surface area contributed by atoms with Crippen LogP contribution in [0.1, 0.15) is 10.4 Å². The second-order valence-electron chi connectivity index (χ2n) is 5.99. The lowest BCUT2D eigenvalue weighted by Crippen LogP contribution is -2.19. The number of nitrogens with zero attached hydrogens (tertiary/aromatic N) is 3. The number of nitro groups is 1. The third-order valence-corrected chi connectivity index (χ3v) is 5.24. The third-order valence-electron chi connectivity index (χ3n) is 4.20. The Bertz CT molecular complexity index is 1470. The molecule has 29 heavy (non-hydrogen) atoms. The van der Waals surface area contributed by atoms with Gasteiger partial charge in [0, 0.05) is 17.5 Å². The molecule has 0 bridgehead atoms. The summed E-state index contributed by atoms with van der Waals surface area (Å²) < 4.78 is 7.32. The van der Waals surface area contributed by atoms with E-state index in [2.05, 4.69) is 10.9 Å². The number of terminal acetylenes is 1. The average molecular weight is 405 g/mol. The van der Waals surface area contributed by atoms with E-state index in [1.807, 2.05) is 0 Å². The molecule has 0 unspecified atom stereocenters. The number of carbonyl (C=O) groups is 1. The van der Waals surface area contributed by atoms with Crippen molar-refractivity contribution in [1.29, 1.82) is 0 Å². The van der Waals surface area contributed by atoms with Crippen LogP contribution in [0.5, 0.6) is 0 Å². The third kappa shape index (κ3) is 3.33. The van der Waals surface area contributed by atoms with E-state index in [4.69, 9.17) is 10.8 Å². The maximum atomic E-state index is 12.7. The number of thiazole rings is 1. The summed E-state index contributed by atoms with van der Waals surface area (Å²) in [4.78, 5) is 39.7. The van der Waals surface area contributed by atoms with Gasteiger partial charge in [0.25, 0.3) is 11.6 Å². The Kier molecular flexibility index (Phi) is 4.54. The minimum atomic E-state index is -0.794. The normalized spacial score (nSPS) is 11.6. The summed E-state index contributed by atoms with van der Waals surface area (Å²) >= 11 is 1.07. The van der Waals surface area contributed by atoms with Crippen LogP contribution < -0.4 is 10.4 Å². The van der Waals surface area contributed by atoms with Gasteiger partial charge in [0.15, 0.2) is 4.80 Å². The van der Waals surface area contributed by atoms with Gasteiger partial charge in [-0.1, -0.05) is 35.5 Å². The zero-order valence-corrected chi connectivity index (χ0v) is 15.5. The molecule has 9 heteroatoms. The number of carbonyl (C=O) groups excluding carboxylic acids is 1. The Morgan fingerprint density at radius 3 is 2.83 bits per heavy atom. The van der Waals surface area contributed by atoms with Crippen LogP contribution in [-0.2, 0) is 6.54 Å². The molecular formula is C20H11N3O5S. The standard InChI is InChI=1S/C20H11N3O5S/c1-2-9-22-15-8-7-13(23(26)27)11-17(15)29-20(22)21-18(24)14-10-12-5-3-4-6-16(12)28-19(14)25/h1,3-8,10-11H,9H2. The first-order valence-electron chi connectivity index (χ1n) is 8.31. The van der Waals surface area contributed by atoms with Gasteiger partial charge in [0.05, 0.1) is 21.7 Å². The molecule has 0 spiro atoms. The lowest BCUT2D eigenvalue weighted by Gasteiger charge is -2.00. The van der Waals surface area contributed by atoms with Gasteiger partial charge in [-0.15, -0.1) is 6.42 Å². The van der Waals surface area contributed by atoms with E-state index < -0.39 is 16.5 Å². The van der Waals surface area contributed by atoms with Crippen molar-refractivity contribution in [2.75, 3.05) is 0 Å². The van der Waals surface area contributed by atoms with E-state index >= 15 is 0 Å². The Balaban J connectivity index is 1.89. The second kappa shape index (κ2) is 7.18. The van der Waals surface area contributed by atoms with Crippen molar-refractivity contribution in [1.82, 2.24) is 4.57 Å². The monoisotopic (exact) mass is 405 g/mol. The fourth-order valence-electron chi connectivity index (χ4n) is 2.86. The molecule has 0 aliphatic rings. The number of benzene rings is 2. The van der Waals surface area contributed by atoms with Crippen LogP contribution in [0.15, 0.2) is 62.7 Å². The summed E-state index contributed by atoms with van der Waals surface area (Å²) in [5.74, 6) is 1.69. The van der Waals surface area contributed by atoms with Gasteiger partial charge in [-0.3, -0.25) is 14.9 Å². The van der Waals surface area contributed by atoms with Gasteiger partial charge in [-0.05, 0) is 18.2 Å². The first kappa shape index (κ1) is 18.3. The molecule has 0 aliphatic carbocycles. The molecule has 4 aromatic rings. The SMILES string of the molecule is C#CCn1c(=NC(=O)c2cc3ccccc3oc2=O)sc2cc([N+](=O)[O-])ccc21. The van der Waals surface area contributed by atoms with E-state index in [9.17, 15) is 19.7 Å². The van der Waals surface area contributed by atoms with Crippen LogP contribution in [0.4, 0.5) is 5.69 Å². The number of aromatic nitrogens is 1. The highest BCUT2D eigenvalue weighted by Gasteiger charge is 2.16. The van der Waals surface area contributed by atoms with Crippen molar-refractivity contribution in [2.24, 2.45) is 4.99 Å². The minimum absolute atomic E-state index is 0.0837. The molecule has 2 aromatic carbocycles. The van der Waals surface area contributed by atoms with Crippen LogP contribution in [0.2, 0.25) is 0 Å². The highest BCUT2D eigenvalue weighted by atomic mass is 32.1. The zero-order valence-electron chi connectivity index (χ0n) is 14.7. The Morgan fingerprint density at radius 1 is 1.28 bits per heavy atom. The summed E-state index contributed by atoms with van der Waals surface area (Å²) in [5, 5.41) is 11.6. The van der Waals surface area contributed by atoms with Gasteiger partial charge >= 0.3 is 5.63 Å². The molecule has 0 atom stereocenters. The zero-order chi connectivity index (χ0) is 20.5. The molecule has 0 N–H and O–H groups in total. The smallest absolute Gasteiger partial charge is 0.349 e. The first-order chi connectivity index (χ1) is 14.0. The van der Waals surface area contributed by atoms with Crippen molar-refractivity contribution in [3.63, 3.8) is 0 Å². The maximum absolute atomic E-state index is 12.7. The van der Waals surface area contributed by atoms with Crippen LogP contribution in [-0.4, -0.2) is 15.4 Å². The van der Waals surface area contributed by atoms with E-state index in [0.29, 0.717) is 21.2 Å². The van der Waals surface area contributed by atoms with Gasteiger partial charge < -0.3 is 8.98 Å². The molecule has 0 saturated carbocycles. The lowest BCUT2D eigenvalue weighted by molar-refractivity contribution is -0.384. The maximum Gasteiger partial charge on any atom is 0.349 e. The first-order valence-corrected chi connectivity index (χ1v) is 9.13. The van der Waals surface area contributed by atoms with Crippen LogP contribution in [0, 0.1) is 22.5 Å². The molecule has 4 rings (SSSR count). The molecule has 1 amide bonds. The molecule has 0 saturated heterocycles. The molecule has 0 aliphatic heterocycles. The predicted octanol–water partition coefficient (Wildman–Crippen LogP) is 3.09. The quantitative estimate of drug-likeness (QED) is 0.225. The molecule has 8 nitrogen and oxygen atoms in total. The minimum Gasteiger partial charge on any atom is -0.422 e. The lowest BCUT2D eigenvalue weighted by atomic mass is 10.2. The Labute approximate surface area is 166 Å². The fraction of sp³-hybridized carbons (Fsp3) is 0.0500. The molecule has 2 aromatic heterocycles. The fourth-order valence-corrected chi connectivity index (χ4v) is 3.92. The van der Waals surface area contributed by atoms with Gasteiger partial charge in [-0.25, -0.2) is 4.79 Å². The van der Waals surface area contributed by atoms with E-state index in [1.165, 1.54) is 18.2 Å². The van der Waals surface area contributed by atoms with E-state index in [1.54, 1.807) is 34.9 Å². The Morgan fingerprint density at radius 2 is 2.07 bits per heavy atom. The van der Waals surface area contributed by atoms with Crippen LogP contribution in [0.3, 0.4) is 0 Å². The summed E-state index contributed by atoms with van der Waals surface area (Å²) in [6.45, 7) is 0.107. The predicted molar refractivity (Wildman–Crippen MR) is 108 cm³/mol. The summed E-state index contributed by atoms with van der Waals surface area (Å²) in [6, 6.07) is 12.5. The molecule has 0 radical (unpaired) electrons. The van der Waals surface area contributed by atoms with E-state index in [-0.39, 0.29) is 22.6 Å². The number of para-hydroxylation sites is 1. The largest absolute Gasteiger partial charge is 0.422 e. The Hall–Kier alpha value is -4.03. The average Bonchev–Trinajstić information content (AvgIpc) is 3.04. The molecule has 2 heterocycles. The second-order valence-corrected chi connectivity index (χ2v) is 7.00. The molecule has 0 fully saturated rings. The number of amides is 1. The highest BCUT2D eigenvalue weighted by Crippen LogP contribution is 2.23. The number of rotatable bonds is 3. The number of hydrogen-bond donors (Lipinski definition) is 0. The number of fused-ring (bicyclic) bond motifs is 2. The number of non-ortho nitro benzene ring substituents is 1. The van der Waals surface area contributed by atoms with Crippen molar-refractivity contribution in [3.05, 3.63) is 79.4 Å². The van der Waals surface area contributed by atoms with E-state index in [0.717, 1.165) is 11.3 Å². The van der Waals surface area contributed by atoms with Gasteiger partial charge in [-0.2, -0.15) is 4.99 Å². The summed E-state index contributed by atoms with van der Waals surface area (Å²) in [6.07, 6.45) is 5.42. The molecule has 142 valence electrons. The molecular weight excluding hydrogens is 394 g/mol. The topological polar surface area (TPSA) is 108 Å². The highest BCUT2D eigenvalue weighted by molar-refractivity contribution is 7.16. The van der Waals surface area contributed by atoms with Crippen molar-refractivity contribution < 1.29 is 14.1 Å². The van der Waals surface area contributed by atoms with Crippen LogP contribution in [0.25, 0.3) is 21.2 Å². The van der Waals surface area contributed by atoms with Crippen molar-refractivity contribution in [2.45, 2.75) is 6.54 Å².